The van der Waals surface area contributed by atoms with Gasteiger partial charge in [0.25, 0.3) is 0 Å². The van der Waals surface area contributed by atoms with E-state index < -0.39 is 5.35 Å². The highest BCUT2D eigenvalue weighted by Gasteiger charge is 2.61. The Morgan fingerprint density at radius 3 is 1.88 bits per heavy atom. The molecule has 1 heterocycles. The third-order valence-electron chi connectivity index (χ3n) is 2.37. The molecular formula is C12H11P2S2+. The fourth-order valence-corrected chi connectivity index (χ4v) is 18.4. The molecule has 0 radical (unpaired) electrons. The molecule has 1 saturated heterocycles. The van der Waals surface area contributed by atoms with E-state index in [-0.39, 0.29) is 0 Å². The van der Waals surface area contributed by atoms with Crippen LogP contribution in [-0.2, 0) is 0 Å². The molecule has 1 fully saturated rings. The molecule has 16 heavy (non-hydrogen) atoms. The smallest absolute Gasteiger partial charge is 0.0622 e. The minimum absolute atomic E-state index is 0.906. The average molecular weight is 281 g/mol. The van der Waals surface area contributed by atoms with Crippen LogP contribution in [0.3, 0.4) is 0 Å². The Kier molecular flexibility index (Phi) is 3.27. The highest BCUT2D eigenvalue weighted by Crippen LogP contribution is 3.09. The molecule has 1 unspecified atom stereocenters. The van der Waals surface area contributed by atoms with Crippen LogP contribution in [-0.4, -0.2) is 0 Å². The van der Waals surface area contributed by atoms with Gasteiger partial charge in [-0.25, -0.2) is 0 Å². The Morgan fingerprint density at radius 2 is 1.31 bits per heavy atom. The molecule has 2 aromatic rings. The van der Waals surface area contributed by atoms with Crippen LogP contribution in [0, 0.1) is 0 Å². The van der Waals surface area contributed by atoms with Crippen molar-refractivity contribution in [2.45, 2.75) is 0 Å². The molecular weight excluding hydrogens is 270 g/mol. The van der Waals surface area contributed by atoms with Crippen molar-refractivity contribution in [2.24, 2.45) is 0 Å². The van der Waals surface area contributed by atoms with E-state index >= 15 is 0 Å². The highest BCUT2D eigenvalue weighted by atomic mass is 33.9. The quantitative estimate of drug-likeness (QED) is 0.462. The lowest BCUT2D eigenvalue weighted by Gasteiger charge is -2.02. The zero-order chi connectivity index (χ0) is 10.8. The number of benzene rings is 2. The highest BCUT2D eigenvalue weighted by molar-refractivity contribution is 9.57. The van der Waals surface area contributed by atoms with Gasteiger partial charge in [-0.3, -0.25) is 0 Å². The van der Waals surface area contributed by atoms with Crippen molar-refractivity contribution in [3.63, 3.8) is 0 Å². The van der Waals surface area contributed by atoms with Crippen LogP contribution in [0.4, 0.5) is 0 Å². The summed E-state index contributed by atoms with van der Waals surface area (Å²) in [4.78, 5) is 0. The van der Waals surface area contributed by atoms with Crippen LogP contribution in [0.25, 0.3) is 0 Å². The topological polar surface area (TPSA) is 0 Å². The molecule has 4 heteroatoms. The predicted octanol–water partition coefficient (Wildman–Crippen LogP) is 4.47. The summed E-state index contributed by atoms with van der Waals surface area (Å²) in [5, 5.41) is 2.15. The van der Waals surface area contributed by atoms with Gasteiger partial charge < -0.3 is 0 Å². The fraction of sp³-hybridized carbons (Fsp3) is 0. The number of hydrogen-bond donors (Lipinski definition) is 0. The lowest BCUT2D eigenvalue weighted by Crippen LogP contribution is -1.98. The molecule has 3 rings (SSSR count). The first kappa shape index (κ1) is 11.1. The summed E-state index contributed by atoms with van der Waals surface area (Å²) in [5.41, 5.74) is 0. The van der Waals surface area contributed by atoms with Crippen molar-refractivity contribution in [1.82, 2.24) is 0 Å². The molecule has 1 aliphatic heterocycles. The third-order valence-corrected chi connectivity index (χ3v) is 19.4. The zero-order valence-electron chi connectivity index (χ0n) is 8.54. The molecule has 0 spiro atoms. The second-order valence-electron chi connectivity index (χ2n) is 3.51. The van der Waals surface area contributed by atoms with Crippen molar-refractivity contribution in [1.29, 1.82) is 0 Å². The summed E-state index contributed by atoms with van der Waals surface area (Å²) in [6, 6.07) is 21.9. The first-order chi connectivity index (χ1) is 7.89. The summed E-state index contributed by atoms with van der Waals surface area (Å²) in [5.74, 6) is 0. The lowest BCUT2D eigenvalue weighted by molar-refractivity contribution is 1.78. The van der Waals surface area contributed by atoms with E-state index in [9.17, 15) is 0 Å². The second-order valence-corrected chi connectivity index (χ2v) is 18.4. The van der Waals surface area contributed by atoms with Gasteiger partial charge in [0.05, 0.1) is 0 Å². The van der Waals surface area contributed by atoms with Crippen LogP contribution >= 0.6 is 34.5 Å². The normalized spacial score (nSPS) is 17.8. The van der Waals surface area contributed by atoms with Gasteiger partial charge in [-0.1, -0.05) is 48.5 Å². The molecule has 1 aliphatic rings. The summed E-state index contributed by atoms with van der Waals surface area (Å²) < 4.78 is 0. The monoisotopic (exact) mass is 281 g/mol. The van der Waals surface area contributed by atoms with Gasteiger partial charge in [0.2, 0.25) is 5.35 Å². The molecule has 80 valence electrons. The predicted molar refractivity (Wildman–Crippen MR) is 82.6 cm³/mol. The van der Waals surface area contributed by atoms with E-state index in [0.717, 1.165) is 8.27 Å². The minimum Gasteiger partial charge on any atom is -0.0622 e. The van der Waals surface area contributed by atoms with Crippen LogP contribution < -0.4 is 10.6 Å². The summed E-state index contributed by atoms with van der Waals surface area (Å²) in [6.45, 7) is 0. The van der Waals surface area contributed by atoms with E-state index in [2.05, 4.69) is 81.5 Å². The molecule has 0 aromatic heterocycles. The Balaban J connectivity index is 1.86. The molecule has 0 amide bonds. The molecule has 2 aromatic carbocycles. The maximum absolute atomic E-state index is 2.29. The van der Waals surface area contributed by atoms with Gasteiger partial charge in [0.1, 0.15) is 13.6 Å². The van der Waals surface area contributed by atoms with E-state index in [1.807, 2.05) is 0 Å². The maximum Gasteiger partial charge on any atom is 0.215 e. The van der Waals surface area contributed by atoms with Gasteiger partial charge in [0, 0.05) is 5.30 Å². The van der Waals surface area contributed by atoms with Gasteiger partial charge in [0.15, 0.2) is 20.8 Å². The van der Waals surface area contributed by atoms with Crippen LogP contribution in [0.15, 0.2) is 60.7 Å². The van der Waals surface area contributed by atoms with Crippen LogP contribution in [0.1, 0.15) is 0 Å². The first-order valence-corrected chi connectivity index (χ1v) is 12.0. The maximum atomic E-state index is 2.29. The minimum atomic E-state index is -0.906. The third kappa shape index (κ3) is 2.31. The van der Waals surface area contributed by atoms with Crippen molar-refractivity contribution in [3.8, 4) is 0 Å². The first-order valence-electron chi connectivity index (χ1n) is 5.05. The summed E-state index contributed by atoms with van der Waals surface area (Å²) in [6.07, 6.45) is 0. The van der Waals surface area contributed by atoms with Gasteiger partial charge >= 0.3 is 0 Å². The van der Waals surface area contributed by atoms with Crippen molar-refractivity contribution < 1.29 is 0 Å². The number of hydrogen-bond acceptors (Lipinski definition) is 2. The van der Waals surface area contributed by atoms with Crippen molar-refractivity contribution >= 4 is 45.1 Å². The Morgan fingerprint density at radius 1 is 0.750 bits per heavy atom. The van der Waals surface area contributed by atoms with E-state index in [1.54, 1.807) is 5.30 Å². The summed E-state index contributed by atoms with van der Waals surface area (Å²) >= 11 is 0. The van der Waals surface area contributed by atoms with Crippen molar-refractivity contribution in [2.75, 3.05) is 0 Å². The molecule has 0 saturated carbocycles. The Labute approximate surface area is 106 Å². The second kappa shape index (κ2) is 4.70. The van der Waals surface area contributed by atoms with Gasteiger partial charge in [-0.2, -0.15) is 0 Å². The molecule has 1 atom stereocenters. The molecule has 0 nitrogen and oxygen atoms in total. The van der Waals surface area contributed by atoms with Crippen molar-refractivity contribution in [3.05, 3.63) is 60.7 Å². The molecule has 0 aliphatic carbocycles. The summed E-state index contributed by atoms with van der Waals surface area (Å²) in [7, 11) is 5.16. The van der Waals surface area contributed by atoms with E-state index in [1.165, 1.54) is 5.30 Å². The fourth-order valence-electron chi connectivity index (χ4n) is 1.53. The Bertz CT molecular complexity index is 469. The zero-order valence-corrected chi connectivity index (χ0v) is 12.1. The average Bonchev–Trinajstić information content (AvgIpc) is 3.13. The van der Waals surface area contributed by atoms with Crippen LogP contribution in [0.5, 0.6) is 0 Å². The van der Waals surface area contributed by atoms with Gasteiger partial charge in [-0.05, 0) is 12.1 Å². The molecule has 0 bridgehead atoms. The van der Waals surface area contributed by atoms with E-state index in [0.29, 0.717) is 0 Å². The largest absolute Gasteiger partial charge is 0.215 e. The van der Waals surface area contributed by atoms with Crippen LogP contribution in [0.2, 0.25) is 0 Å². The Hall–Kier alpha value is -0.000000000000000111. The van der Waals surface area contributed by atoms with Gasteiger partial charge in [-0.15, -0.1) is 0 Å². The standard InChI is InChI=1S/C12H11P2S2/c1-3-7-11(8-4-1)13-14(15-16-14)12-9-5-2-6-10-12/h1-10,13H/q+1. The lowest BCUT2D eigenvalue weighted by atomic mass is 10.4. The number of rotatable bonds is 3. The van der Waals surface area contributed by atoms with E-state index in [4.69, 9.17) is 0 Å². The SMILES string of the molecule is c1ccc(P[P+]2(c3ccccc3)SS2)cc1. The molecule has 0 N–H and O–H groups in total.